The van der Waals surface area contributed by atoms with E-state index >= 15 is 0 Å². The second kappa shape index (κ2) is 9.74. The summed E-state index contributed by atoms with van der Waals surface area (Å²) in [6, 6.07) is 0. The Bertz CT molecular complexity index is 611. The van der Waals surface area contributed by atoms with Crippen molar-refractivity contribution in [2.45, 2.75) is 57.0 Å². The summed E-state index contributed by atoms with van der Waals surface area (Å²) in [6.07, 6.45) is 7.20. The van der Waals surface area contributed by atoms with Crippen molar-refractivity contribution >= 4 is 20.0 Å². The predicted molar refractivity (Wildman–Crippen MR) is 87.5 cm³/mol. The Morgan fingerprint density at radius 3 is 1.52 bits per heavy atom. The topological polar surface area (TPSA) is 82.4 Å². The van der Waals surface area contributed by atoms with Gasteiger partial charge in [0.1, 0.15) is 0 Å². The molecule has 27 heavy (non-hydrogen) atoms. The maximum atomic E-state index is 11.4. The molecule has 0 aromatic rings. The summed E-state index contributed by atoms with van der Waals surface area (Å²) in [5.41, 5.74) is -12.4. The lowest BCUT2D eigenvalue weighted by atomic mass is 10.1. The van der Waals surface area contributed by atoms with Crippen LogP contribution >= 0.6 is 0 Å². The van der Waals surface area contributed by atoms with Crippen molar-refractivity contribution < 1.29 is 47.7 Å². The molecular formula is C13H24F6N2O4S2. The van der Waals surface area contributed by atoms with Crippen molar-refractivity contribution in [1.82, 2.24) is 0 Å². The molecule has 0 amide bonds. The highest BCUT2D eigenvalue weighted by atomic mass is 32.3. The number of sulfonamides is 2. The molecular weight excluding hydrogens is 426 g/mol. The van der Waals surface area contributed by atoms with E-state index in [1.807, 2.05) is 0 Å². The van der Waals surface area contributed by atoms with Crippen molar-refractivity contribution in [3.05, 3.63) is 4.13 Å². The second-order valence-corrected chi connectivity index (χ2v) is 9.58. The molecule has 1 aliphatic rings. The van der Waals surface area contributed by atoms with Crippen LogP contribution in [0.1, 0.15) is 46.0 Å². The van der Waals surface area contributed by atoms with Crippen LogP contribution < -0.4 is 0 Å². The van der Waals surface area contributed by atoms with Gasteiger partial charge in [0.25, 0.3) is 0 Å². The molecule has 1 heterocycles. The number of nitrogens with zero attached hydrogens (tertiary/aromatic N) is 2. The SMILES string of the molecule is CCCC[N+]1(CC)CCCCC1.O=S(=O)([N-]S(=O)(=O)C(F)(F)F)C(F)(F)F. The van der Waals surface area contributed by atoms with E-state index in [-0.39, 0.29) is 0 Å². The van der Waals surface area contributed by atoms with Crippen LogP contribution in [0.5, 0.6) is 0 Å². The molecule has 0 aliphatic carbocycles. The summed E-state index contributed by atoms with van der Waals surface area (Å²) >= 11 is 0. The first-order valence-electron chi connectivity index (χ1n) is 8.25. The third-order valence-corrected chi connectivity index (χ3v) is 6.94. The molecule has 0 bridgehead atoms. The van der Waals surface area contributed by atoms with Crippen LogP contribution in [0, 0.1) is 0 Å². The number of unbranched alkanes of at least 4 members (excludes halogenated alkanes) is 1. The Morgan fingerprint density at radius 2 is 1.22 bits per heavy atom. The third-order valence-electron chi connectivity index (χ3n) is 4.20. The Hall–Kier alpha value is -0.600. The van der Waals surface area contributed by atoms with E-state index in [2.05, 4.69) is 13.8 Å². The van der Waals surface area contributed by atoms with E-state index in [4.69, 9.17) is 0 Å². The zero-order chi connectivity index (χ0) is 21.6. The molecule has 1 saturated heterocycles. The fourth-order valence-corrected chi connectivity index (χ4v) is 4.30. The first-order valence-corrected chi connectivity index (χ1v) is 11.1. The Morgan fingerprint density at radius 1 is 0.815 bits per heavy atom. The molecule has 0 atom stereocenters. The molecule has 1 fully saturated rings. The van der Waals surface area contributed by atoms with Crippen LogP contribution in [0.3, 0.4) is 0 Å². The van der Waals surface area contributed by atoms with Crippen LogP contribution in [0.2, 0.25) is 0 Å². The van der Waals surface area contributed by atoms with Crippen LogP contribution in [-0.2, 0) is 20.0 Å². The number of likely N-dealkylation sites (tertiary alicyclic amines) is 1. The zero-order valence-electron chi connectivity index (χ0n) is 15.0. The summed E-state index contributed by atoms with van der Waals surface area (Å²) in [7, 11) is -13.4. The van der Waals surface area contributed by atoms with Gasteiger partial charge in [0.2, 0.25) is 0 Å². The van der Waals surface area contributed by atoms with Gasteiger partial charge in [-0.2, -0.15) is 26.3 Å². The summed E-state index contributed by atoms with van der Waals surface area (Å²) in [5.74, 6) is 0. The monoisotopic (exact) mass is 450 g/mol. The summed E-state index contributed by atoms with van der Waals surface area (Å²) < 4.78 is 111. The largest absolute Gasteiger partial charge is 0.480 e. The number of hydrogen-bond donors (Lipinski definition) is 0. The lowest BCUT2D eigenvalue weighted by Gasteiger charge is -2.40. The van der Waals surface area contributed by atoms with E-state index in [9.17, 15) is 43.2 Å². The van der Waals surface area contributed by atoms with Gasteiger partial charge in [-0.15, -0.1) is 0 Å². The number of hydrogen-bond acceptors (Lipinski definition) is 4. The average Bonchev–Trinajstić information content (AvgIpc) is 2.51. The summed E-state index contributed by atoms with van der Waals surface area (Å²) in [5, 5.41) is 0. The highest BCUT2D eigenvalue weighted by molar-refractivity contribution is 8.13. The molecule has 0 aromatic heterocycles. The molecule has 0 spiro atoms. The minimum Gasteiger partial charge on any atom is -0.421 e. The summed E-state index contributed by atoms with van der Waals surface area (Å²) in [6.45, 7) is 10.4. The molecule has 0 radical (unpaired) electrons. The predicted octanol–water partition coefficient (Wildman–Crippen LogP) is 3.87. The van der Waals surface area contributed by atoms with Gasteiger partial charge in [-0.05, 0) is 32.6 Å². The first-order chi connectivity index (χ1) is 12.0. The van der Waals surface area contributed by atoms with Crippen LogP contribution in [0.25, 0.3) is 4.13 Å². The fourth-order valence-electron chi connectivity index (χ4n) is 2.59. The van der Waals surface area contributed by atoms with Gasteiger partial charge in [-0.25, -0.2) is 16.8 Å². The standard InChI is InChI=1S/C11H24N.C2F6NO4S2/c1-3-5-9-12(4-2)10-7-6-8-11-12;3-1(4,5)14(10,11)9-15(12,13)2(6,7)8/h3-11H2,1-2H3;/q+1;-1. The highest BCUT2D eigenvalue weighted by Crippen LogP contribution is 2.36. The fraction of sp³-hybridized carbons (Fsp3) is 1.00. The molecule has 6 nitrogen and oxygen atoms in total. The van der Waals surface area contributed by atoms with Crippen LogP contribution in [0.4, 0.5) is 26.3 Å². The van der Waals surface area contributed by atoms with Crippen molar-refractivity contribution in [2.75, 3.05) is 26.2 Å². The molecule has 1 aliphatic heterocycles. The quantitative estimate of drug-likeness (QED) is 0.454. The number of halogens is 6. The average molecular weight is 450 g/mol. The highest BCUT2D eigenvalue weighted by Gasteiger charge is 2.46. The van der Waals surface area contributed by atoms with Gasteiger partial charge in [0.15, 0.2) is 20.0 Å². The Labute approximate surface area is 155 Å². The van der Waals surface area contributed by atoms with Crippen molar-refractivity contribution in [3.8, 4) is 0 Å². The van der Waals surface area contributed by atoms with E-state index in [0.717, 1.165) is 4.13 Å². The Balaban J connectivity index is 0.000000511. The zero-order valence-corrected chi connectivity index (χ0v) is 16.6. The molecule has 164 valence electrons. The lowest BCUT2D eigenvalue weighted by molar-refractivity contribution is -0.931. The second-order valence-electron chi connectivity index (χ2n) is 6.16. The molecule has 1 rings (SSSR count). The molecule has 0 aromatic carbocycles. The lowest BCUT2D eigenvalue weighted by Crippen LogP contribution is -2.51. The van der Waals surface area contributed by atoms with Gasteiger partial charge in [-0.1, -0.05) is 13.3 Å². The Kier molecular flexibility index (Phi) is 9.52. The third kappa shape index (κ3) is 8.11. The summed E-state index contributed by atoms with van der Waals surface area (Å²) in [4.78, 5) is 0. The number of alkyl halides is 6. The van der Waals surface area contributed by atoms with Crippen molar-refractivity contribution in [3.63, 3.8) is 0 Å². The van der Waals surface area contributed by atoms with E-state index in [0.29, 0.717) is 0 Å². The first kappa shape index (κ1) is 26.4. The minimum atomic E-state index is -6.72. The number of piperidine rings is 1. The smallest absolute Gasteiger partial charge is 0.421 e. The van der Waals surface area contributed by atoms with Gasteiger partial charge in [0.05, 0.1) is 26.2 Å². The van der Waals surface area contributed by atoms with Gasteiger partial charge < -0.3 is 8.61 Å². The molecule has 14 heteroatoms. The normalized spacial score (nSPS) is 18.5. The number of rotatable bonds is 6. The van der Waals surface area contributed by atoms with E-state index in [1.165, 1.54) is 62.8 Å². The van der Waals surface area contributed by atoms with Crippen molar-refractivity contribution in [1.29, 1.82) is 0 Å². The maximum absolute atomic E-state index is 11.4. The molecule has 0 N–H and O–H groups in total. The van der Waals surface area contributed by atoms with E-state index < -0.39 is 31.1 Å². The molecule has 0 unspecified atom stereocenters. The van der Waals surface area contributed by atoms with Crippen LogP contribution in [-0.4, -0.2) is 58.5 Å². The minimum absolute atomic E-state index is 0.778. The van der Waals surface area contributed by atoms with Gasteiger partial charge in [0, 0.05) is 0 Å². The maximum Gasteiger partial charge on any atom is 0.480 e. The van der Waals surface area contributed by atoms with Crippen molar-refractivity contribution in [2.24, 2.45) is 0 Å². The van der Waals surface area contributed by atoms with Gasteiger partial charge in [-0.3, -0.25) is 0 Å². The van der Waals surface area contributed by atoms with Crippen LogP contribution in [0.15, 0.2) is 0 Å². The number of quaternary nitrogens is 1. The van der Waals surface area contributed by atoms with E-state index in [1.54, 1.807) is 0 Å². The van der Waals surface area contributed by atoms with Gasteiger partial charge >= 0.3 is 11.0 Å². The molecule has 0 saturated carbocycles.